The Morgan fingerprint density at radius 2 is 1.64 bits per heavy atom. The molecular formula is C20H20O5. The van der Waals surface area contributed by atoms with Gasteiger partial charge in [-0.15, -0.1) is 0 Å². The predicted octanol–water partition coefficient (Wildman–Crippen LogP) is 4.16. The third-order valence-electron chi connectivity index (χ3n) is 3.42. The van der Waals surface area contributed by atoms with Gasteiger partial charge in [0.15, 0.2) is 0 Å². The maximum absolute atomic E-state index is 11.5. The lowest BCUT2D eigenvalue weighted by atomic mass is 10.0. The molecule has 0 unspecified atom stereocenters. The first kappa shape index (κ1) is 18.3. The second kappa shape index (κ2) is 8.15. The Bertz CT molecular complexity index is 790. The zero-order chi connectivity index (χ0) is 18.4. The Morgan fingerprint density at radius 3 is 2.20 bits per heavy atom. The molecule has 0 fully saturated rings. The van der Waals surface area contributed by atoms with Crippen LogP contribution in [0.4, 0.5) is 0 Å². The average Bonchev–Trinajstić information content (AvgIpc) is 2.62. The molecule has 0 aromatic heterocycles. The number of carbonyl (C=O) groups excluding carboxylic acids is 2. The molecule has 0 amide bonds. The molecule has 0 saturated heterocycles. The third kappa shape index (κ3) is 4.70. The normalized spacial score (nSPS) is 10.0. The van der Waals surface area contributed by atoms with E-state index in [1.165, 1.54) is 0 Å². The second-order valence-corrected chi connectivity index (χ2v) is 5.38. The van der Waals surface area contributed by atoms with Gasteiger partial charge in [0.25, 0.3) is 0 Å². The summed E-state index contributed by atoms with van der Waals surface area (Å²) in [5.41, 5.74) is 2.04. The van der Waals surface area contributed by atoms with Gasteiger partial charge in [-0.3, -0.25) is 4.79 Å². The molecule has 0 saturated carbocycles. The fourth-order valence-corrected chi connectivity index (χ4v) is 2.07. The van der Waals surface area contributed by atoms with Gasteiger partial charge in [0.1, 0.15) is 17.2 Å². The zero-order valence-electron chi connectivity index (χ0n) is 14.5. The zero-order valence-corrected chi connectivity index (χ0v) is 14.5. The van der Waals surface area contributed by atoms with Crippen LogP contribution in [0, 0.1) is 0 Å². The Balaban J connectivity index is 2.24. The highest BCUT2D eigenvalue weighted by molar-refractivity contribution is 5.88. The molecular weight excluding hydrogens is 320 g/mol. The highest BCUT2D eigenvalue weighted by Crippen LogP contribution is 2.34. The van der Waals surface area contributed by atoms with E-state index in [1.807, 2.05) is 18.2 Å². The van der Waals surface area contributed by atoms with Gasteiger partial charge in [0.2, 0.25) is 0 Å². The van der Waals surface area contributed by atoms with E-state index in [2.05, 4.69) is 6.58 Å². The Hall–Kier alpha value is -3.08. The largest absolute Gasteiger partial charge is 0.496 e. The molecule has 5 nitrogen and oxygen atoms in total. The highest BCUT2D eigenvalue weighted by Gasteiger charge is 2.11. The van der Waals surface area contributed by atoms with Crippen molar-refractivity contribution >= 4 is 11.9 Å². The van der Waals surface area contributed by atoms with Gasteiger partial charge in [-0.05, 0) is 36.8 Å². The minimum Gasteiger partial charge on any atom is -0.496 e. The summed E-state index contributed by atoms with van der Waals surface area (Å²) >= 11 is 0. The van der Waals surface area contributed by atoms with E-state index in [0.717, 1.165) is 11.1 Å². The number of rotatable bonds is 6. The maximum Gasteiger partial charge on any atom is 0.338 e. The Morgan fingerprint density at radius 1 is 1.00 bits per heavy atom. The van der Waals surface area contributed by atoms with Crippen molar-refractivity contribution in [3.8, 4) is 28.4 Å². The number of ether oxygens (including phenoxy) is 3. The van der Waals surface area contributed by atoms with Gasteiger partial charge in [-0.1, -0.05) is 25.6 Å². The van der Waals surface area contributed by atoms with Crippen LogP contribution < -0.4 is 14.2 Å². The van der Waals surface area contributed by atoms with Crippen molar-refractivity contribution < 1.29 is 23.8 Å². The maximum atomic E-state index is 11.5. The lowest BCUT2D eigenvalue weighted by molar-refractivity contribution is -0.134. The predicted molar refractivity (Wildman–Crippen MR) is 94.8 cm³/mol. The first-order valence-corrected chi connectivity index (χ1v) is 7.81. The summed E-state index contributed by atoms with van der Waals surface area (Å²) in [6, 6.07) is 12.2. The first-order valence-electron chi connectivity index (χ1n) is 7.81. The van der Waals surface area contributed by atoms with Crippen LogP contribution in [0.25, 0.3) is 11.1 Å². The molecule has 0 bridgehead atoms. The van der Waals surface area contributed by atoms with Crippen molar-refractivity contribution in [1.29, 1.82) is 0 Å². The van der Waals surface area contributed by atoms with Crippen LogP contribution in [0.2, 0.25) is 0 Å². The lowest BCUT2D eigenvalue weighted by Crippen LogP contribution is -2.07. The van der Waals surface area contributed by atoms with E-state index in [0.29, 0.717) is 29.2 Å². The third-order valence-corrected chi connectivity index (χ3v) is 3.42. The second-order valence-electron chi connectivity index (χ2n) is 5.38. The van der Waals surface area contributed by atoms with E-state index in [4.69, 9.17) is 14.2 Å². The first-order chi connectivity index (χ1) is 11.9. The van der Waals surface area contributed by atoms with Gasteiger partial charge >= 0.3 is 11.9 Å². The monoisotopic (exact) mass is 340 g/mol. The van der Waals surface area contributed by atoms with Gasteiger partial charge in [-0.2, -0.15) is 0 Å². The molecule has 0 aliphatic carbocycles. The van der Waals surface area contributed by atoms with Crippen LogP contribution in [0.5, 0.6) is 17.2 Å². The van der Waals surface area contributed by atoms with Crippen molar-refractivity contribution in [2.45, 2.75) is 20.3 Å². The standard InChI is InChI=1S/C20H20O5/c1-5-19(21)24-16-10-11-17(18(12-16)23-4)14-6-8-15(9-7-14)25-20(22)13(2)3/h6-12H,2,5H2,1,3-4H3. The van der Waals surface area contributed by atoms with Crippen LogP contribution >= 0.6 is 0 Å². The highest BCUT2D eigenvalue weighted by atomic mass is 16.5. The molecule has 0 N–H and O–H groups in total. The molecule has 5 heteroatoms. The van der Waals surface area contributed by atoms with Crippen molar-refractivity contribution in [3.63, 3.8) is 0 Å². The van der Waals surface area contributed by atoms with Crippen molar-refractivity contribution in [3.05, 3.63) is 54.6 Å². The van der Waals surface area contributed by atoms with Crippen molar-refractivity contribution in [2.24, 2.45) is 0 Å². The molecule has 0 spiro atoms. The SMILES string of the molecule is C=C(C)C(=O)Oc1ccc(-c2ccc(OC(=O)CC)cc2OC)cc1. The van der Waals surface area contributed by atoms with E-state index in [9.17, 15) is 9.59 Å². The molecule has 0 heterocycles. The van der Waals surface area contributed by atoms with Gasteiger partial charge < -0.3 is 14.2 Å². The summed E-state index contributed by atoms with van der Waals surface area (Å²) in [4.78, 5) is 22.9. The van der Waals surface area contributed by atoms with Crippen LogP contribution in [0.3, 0.4) is 0 Å². The fourth-order valence-electron chi connectivity index (χ4n) is 2.07. The van der Waals surface area contributed by atoms with E-state index < -0.39 is 5.97 Å². The van der Waals surface area contributed by atoms with Crippen molar-refractivity contribution in [1.82, 2.24) is 0 Å². The smallest absolute Gasteiger partial charge is 0.338 e. The number of methoxy groups -OCH3 is 1. The van der Waals surface area contributed by atoms with Crippen LogP contribution in [0.15, 0.2) is 54.6 Å². The molecule has 0 aliphatic rings. The summed E-state index contributed by atoms with van der Waals surface area (Å²) in [6.45, 7) is 6.87. The summed E-state index contributed by atoms with van der Waals surface area (Å²) < 4.78 is 15.8. The molecule has 0 atom stereocenters. The van der Waals surface area contributed by atoms with E-state index in [1.54, 1.807) is 45.2 Å². The average molecular weight is 340 g/mol. The minimum absolute atomic E-state index is 0.300. The minimum atomic E-state index is -0.465. The molecule has 2 rings (SSSR count). The van der Waals surface area contributed by atoms with Crippen LogP contribution in [-0.4, -0.2) is 19.0 Å². The summed E-state index contributed by atoms with van der Waals surface area (Å²) in [5.74, 6) is 0.669. The van der Waals surface area contributed by atoms with Crippen LogP contribution in [-0.2, 0) is 9.59 Å². The molecule has 2 aromatic rings. The number of hydrogen-bond donors (Lipinski definition) is 0. The van der Waals surface area contributed by atoms with E-state index >= 15 is 0 Å². The number of carbonyl (C=O) groups is 2. The summed E-state index contributed by atoms with van der Waals surface area (Å²) in [7, 11) is 1.55. The summed E-state index contributed by atoms with van der Waals surface area (Å²) in [6.07, 6.45) is 0.300. The van der Waals surface area contributed by atoms with Crippen LogP contribution in [0.1, 0.15) is 20.3 Å². The lowest BCUT2D eigenvalue weighted by Gasteiger charge is -2.12. The summed E-state index contributed by atoms with van der Waals surface area (Å²) in [5, 5.41) is 0. The topological polar surface area (TPSA) is 61.8 Å². The Kier molecular flexibility index (Phi) is 5.95. The number of esters is 2. The number of hydrogen-bond acceptors (Lipinski definition) is 5. The van der Waals surface area contributed by atoms with E-state index in [-0.39, 0.29) is 5.97 Å². The number of benzene rings is 2. The molecule has 25 heavy (non-hydrogen) atoms. The molecule has 0 aliphatic heterocycles. The quantitative estimate of drug-likeness (QED) is 0.449. The van der Waals surface area contributed by atoms with Gasteiger partial charge in [-0.25, -0.2) is 4.79 Å². The molecule has 2 aromatic carbocycles. The van der Waals surface area contributed by atoms with Gasteiger partial charge in [0, 0.05) is 23.6 Å². The Labute approximate surface area is 146 Å². The fraction of sp³-hybridized carbons (Fsp3) is 0.200. The molecule has 130 valence electrons. The molecule has 0 radical (unpaired) electrons. The van der Waals surface area contributed by atoms with Gasteiger partial charge in [0.05, 0.1) is 7.11 Å². The van der Waals surface area contributed by atoms with Crippen molar-refractivity contribution in [2.75, 3.05) is 7.11 Å².